The molecular formula is C52H66Cl2F2N6. The number of benzene rings is 6. The fourth-order valence-electron chi connectivity index (χ4n) is 6.56. The summed E-state index contributed by atoms with van der Waals surface area (Å²) >= 11 is 11.5. The van der Waals surface area contributed by atoms with Gasteiger partial charge < -0.3 is 26.6 Å². The highest BCUT2D eigenvalue weighted by Gasteiger charge is 2.18. The maximum atomic E-state index is 12.8. The van der Waals surface area contributed by atoms with E-state index in [9.17, 15) is 8.78 Å². The van der Waals surface area contributed by atoms with Crippen LogP contribution in [0.15, 0.2) is 158 Å². The molecule has 0 aliphatic carbocycles. The summed E-state index contributed by atoms with van der Waals surface area (Å²) in [4.78, 5) is 2.54. The normalized spacial score (nSPS) is 12.9. The lowest BCUT2D eigenvalue weighted by atomic mass is 9.99. The molecule has 0 aromatic heterocycles. The molecule has 1 heterocycles. The molecule has 0 amide bonds. The van der Waals surface area contributed by atoms with E-state index in [1.165, 1.54) is 59.6 Å². The fourth-order valence-corrected chi connectivity index (χ4v) is 6.88. The number of halogens is 4. The molecule has 6 aromatic carbocycles. The number of likely N-dealkylation sites (tertiary alicyclic amines) is 1. The molecule has 0 radical (unpaired) electrons. The monoisotopic (exact) mass is 882 g/mol. The minimum Gasteiger partial charge on any atom is -0.476 e. The predicted octanol–water partition coefficient (Wildman–Crippen LogP) is 6.91. The van der Waals surface area contributed by atoms with Crippen molar-refractivity contribution in [3.8, 4) is 0 Å². The van der Waals surface area contributed by atoms with Crippen molar-refractivity contribution in [3.05, 3.63) is 248 Å². The number of rotatable bonds is 12. The Hall–Kier alpha value is -4.48. The van der Waals surface area contributed by atoms with Gasteiger partial charge >= 0.3 is 0 Å². The molecule has 0 spiro atoms. The van der Waals surface area contributed by atoms with Crippen LogP contribution >= 0.6 is 23.2 Å². The van der Waals surface area contributed by atoms with Gasteiger partial charge in [-0.25, -0.2) is 8.78 Å². The van der Waals surface area contributed by atoms with Crippen LogP contribution in [0.5, 0.6) is 0 Å². The lowest BCUT2D eigenvalue weighted by Gasteiger charge is -2.31. The minimum absolute atomic E-state index is 0.299. The van der Waals surface area contributed by atoms with Crippen molar-refractivity contribution in [1.29, 1.82) is 0 Å². The second-order valence-electron chi connectivity index (χ2n) is 14.8. The van der Waals surface area contributed by atoms with Crippen molar-refractivity contribution in [3.63, 3.8) is 0 Å². The second-order valence-corrected chi connectivity index (χ2v) is 15.6. The topological polar surface area (TPSA) is 86.3 Å². The molecule has 6 nitrogen and oxygen atoms in total. The molecule has 1 unspecified atom stereocenters. The van der Waals surface area contributed by atoms with E-state index >= 15 is 0 Å². The Morgan fingerprint density at radius 3 is 1.56 bits per heavy atom. The van der Waals surface area contributed by atoms with Gasteiger partial charge in [0.05, 0.1) is 35.2 Å². The van der Waals surface area contributed by atoms with E-state index in [1.54, 1.807) is 12.1 Å². The summed E-state index contributed by atoms with van der Waals surface area (Å²) in [6.45, 7) is 6.87. The van der Waals surface area contributed by atoms with Gasteiger partial charge in [-0.3, -0.25) is 4.90 Å². The Labute approximate surface area is 380 Å². The molecule has 1 saturated heterocycles. The van der Waals surface area contributed by atoms with Gasteiger partial charge in [0.1, 0.15) is 6.04 Å². The van der Waals surface area contributed by atoms with Gasteiger partial charge in [-0.15, -0.1) is 0 Å². The van der Waals surface area contributed by atoms with Crippen LogP contribution in [0.2, 0.25) is 10.0 Å². The number of piperidine rings is 1. The highest BCUT2D eigenvalue weighted by Crippen LogP contribution is 2.22. The predicted molar refractivity (Wildman–Crippen MR) is 251 cm³/mol. The zero-order valence-corrected chi connectivity index (χ0v) is 37.6. The summed E-state index contributed by atoms with van der Waals surface area (Å²) in [5.41, 5.74) is 6.82. The summed E-state index contributed by atoms with van der Waals surface area (Å²) in [6, 6.07) is 53.2. The van der Waals surface area contributed by atoms with Gasteiger partial charge in [-0.2, -0.15) is 35.2 Å². The first kappa shape index (κ1) is 51.9. The van der Waals surface area contributed by atoms with Crippen molar-refractivity contribution < 1.29 is 35.4 Å². The maximum Gasteiger partial charge on any atom is 0.167 e. The first-order valence-corrected chi connectivity index (χ1v) is 21.8. The van der Waals surface area contributed by atoms with Crippen LogP contribution in [0.3, 0.4) is 0 Å². The van der Waals surface area contributed by atoms with Gasteiger partial charge in [0.2, 0.25) is 0 Å². The third kappa shape index (κ3) is 19.3. The number of hydrogen-bond donors (Lipinski definition) is 5. The average molecular weight is 884 g/mol. The Morgan fingerprint density at radius 2 is 1.10 bits per heavy atom. The number of hydrogen-bond acceptors (Lipinski definition) is 1. The molecule has 1 aliphatic heterocycles. The maximum absolute atomic E-state index is 12.8. The lowest BCUT2D eigenvalue weighted by Crippen LogP contribution is -2.84. The molecule has 0 saturated carbocycles. The van der Waals surface area contributed by atoms with E-state index in [4.69, 9.17) is 23.2 Å². The van der Waals surface area contributed by atoms with E-state index in [-0.39, 0.29) is 0 Å². The van der Waals surface area contributed by atoms with Crippen LogP contribution in [-0.4, -0.2) is 24.0 Å². The molecule has 1 atom stereocenters. The molecule has 332 valence electrons. The highest BCUT2D eigenvalue weighted by molar-refractivity contribution is 6.42. The van der Waals surface area contributed by atoms with E-state index in [0.717, 1.165) is 30.8 Å². The van der Waals surface area contributed by atoms with Crippen LogP contribution in [0.25, 0.3) is 0 Å². The second kappa shape index (κ2) is 30.5. The van der Waals surface area contributed by atoms with Gasteiger partial charge in [0, 0.05) is 60.3 Å². The number of nitrogens with two attached hydrogens (primary N) is 5. The Morgan fingerprint density at radius 1 is 0.581 bits per heavy atom. The van der Waals surface area contributed by atoms with Crippen LogP contribution in [-0.2, 0) is 19.6 Å². The summed E-state index contributed by atoms with van der Waals surface area (Å²) in [5, 5.41) is 10.6. The molecule has 7 rings (SSSR count). The van der Waals surface area contributed by atoms with Gasteiger partial charge in [0.15, 0.2) is 11.6 Å². The zero-order chi connectivity index (χ0) is 45.0. The minimum atomic E-state index is -0.802. The van der Waals surface area contributed by atoms with Crippen LogP contribution in [0, 0.1) is 46.9 Å². The summed E-state index contributed by atoms with van der Waals surface area (Å²) in [5.74, 6) is -1.57. The van der Waals surface area contributed by atoms with Gasteiger partial charge in [-0.1, -0.05) is 163 Å². The van der Waals surface area contributed by atoms with Crippen LogP contribution in [0.4, 0.5) is 8.78 Å². The molecule has 1 fully saturated rings. The molecule has 0 bridgehead atoms. The standard InChI is InChI=1S/C14H15N.C13H20N2.C9H13N.C8H9Cl2N.C8H9F2N/c1-15-14(12-8-4-2-5-9-12)13-10-6-3-7-11-13;1-14-13-7-9-15(10-8-13)11-12-5-3-2-4-6-12;1-8(10-2)9-6-4-3-5-7-9;1-11-5-6-2-3-7(9)8(10)4-6;1-11-5-6-3-2-4-7(9)8(6)10/h2-11,14H,1,15H2;2-6,13H,1,7-11,14H2;3-8H,2,10H2,1H3;2*2-4H,1,5,11H2. The van der Waals surface area contributed by atoms with Crippen molar-refractivity contribution in [1.82, 2.24) is 4.90 Å². The SMILES string of the molecule is [CH2-][NH2+]C(C)c1ccccc1.[CH2-][NH2+]C(c1ccccc1)c1ccccc1.[CH2-][NH2+]C1CCN(Cc2ccccc2)CC1.[CH2-][NH2+]Cc1ccc(Cl)c(Cl)c1.[CH2-][NH2+]Cc1cccc(F)c1F. The first-order chi connectivity index (χ1) is 30.1. The Kier molecular flexibility index (Phi) is 25.6. The fraction of sp³-hybridized carbons (Fsp3) is 0.212. The van der Waals surface area contributed by atoms with Crippen molar-refractivity contribution in [2.24, 2.45) is 0 Å². The molecule has 6 aromatic rings. The largest absolute Gasteiger partial charge is 0.476 e. The Balaban J connectivity index is 0.000000209. The number of nitrogens with zero attached hydrogens (tertiary/aromatic N) is 1. The number of quaternary nitrogens is 5. The first-order valence-electron chi connectivity index (χ1n) is 21.0. The van der Waals surface area contributed by atoms with Crippen molar-refractivity contribution >= 4 is 23.2 Å². The smallest absolute Gasteiger partial charge is 0.167 e. The van der Waals surface area contributed by atoms with Crippen molar-refractivity contribution in [2.45, 2.75) is 57.5 Å². The molecule has 62 heavy (non-hydrogen) atoms. The quantitative estimate of drug-likeness (QED) is 0.0852. The zero-order valence-electron chi connectivity index (χ0n) is 36.1. The van der Waals surface area contributed by atoms with Crippen LogP contribution in [0.1, 0.15) is 65.2 Å². The van der Waals surface area contributed by atoms with E-state index in [1.807, 2.05) is 46.3 Å². The highest BCUT2D eigenvalue weighted by atomic mass is 35.5. The summed E-state index contributed by atoms with van der Waals surface area (Å²) in [7, 11) is 18.6. The van der Waals surface area contributed by atoms with Gasteiger partial charge in [0.25, 0.3) is 0 Å². The summed E-state index contributed by atoms with van der Waals surface area (Å²) in [6.07, 6.45) is 2.55. The molecule has 1 aliphatic rings. The van der Waals surface area contributed by atoms with E-state index < -0.39 is 11.6 Å². The van der Waals surface area contributed by atoms with Gasteiger partial charge in [-0.05, 0) is 30.7 Å². The third-order valence-corrected chi connectivity index (χ3v) is 10.9. The molecular weight excluding hydrogens is 818 g/mol. The Bertz CT molecular complexity index is 2000. The molecule has 10 N–H and O–H groups in total. The lowest BCUT2D eigenvalue weighted by molar-refractivity contribution is -0.637. The van der Waals surface area contributed by atoms with Crippen LogP contribution < -0.4 is 26.6 Å². The average Bonchev–Trinajstić information content (AvgIpc) is 3.32. The van der Waals surface area contributed by atoms with E-state index in [2.05, 4.69) is 156 Å². The summed E-state index contributed by atoms with van der Waals surface area (Å²) < 4.78 is 25.3. The van der Waals surface area contributed by atoms with Crippen molar-refractivity contribution in [2.75, 3.05) is 13.1 Å². The molecule has 10 heteroatoms. The van der Waals surface area contributed by atoms with E-state index in [0.29, 0.717) is 34.2 Å². The third-order valence-electron chi connectivity index (χ3n) is 10.2.